The highest BCUT2D eigenvalue weighted by molar-refractivity contribution is 5.66. The Balaban J connectivity index is 1.56. The van der Waals surface area contributed by atoms with Gasteiger partial charge in [-0.25, -0.2) is 0 Å². The second kappa shape index (κ2) is 5.10. The molecule has 0 radical (unpaired) electrons. The molecule has 1 aromatic carbocycles. The van der Waals surface area contributed by atoms with E-state index in [2.05, 4.69) is 41.3 Å². The van der Waals surface area contributed by atoms with E-state index in [-0.39, 0.29) is 0 Å². The first-order valence-corrected chi connectivity index (χ1v) is 7.74. The average molecular weight is 267 g/mol. The minimum absolute atomic E-state index is 0.612. The molecule has 1 aromatic rings. The van der Waals surface area contributed by atoms with Gasteiger partial charge in [-0.1, -0.05) is 36.4 Å². The summed E-state index contributed by atoms with van der Waals surface area (Å²) >= 11 is 0. The molecule has 3 aliphatic rings. The van der Waals surface area contributed by atoms with Crippen molar-refractivity contribution >= 4 is 5.57 Å². The van der Waals surface area contributed by atoms with E-state index in [1.165, 1.54) is 42.5 Å². The Kier molecular flexibility index (Phi) is 3.12. The molecule has 0 saturated carbocycles. The van der Waals surface area contributed by atoms with Crippen LogP contribution < -0.4 is 0 Å². The van der Waals surface area contributed by atoms with Gasteiger partial charge >= 0.3 is 0 Å². The molecule has 1 atom stereocenters. The van der Waals surface area contributed by atoms with Crippen LogP contribution in [0.3, 0.4) is 0 Å². The van der Waals surface area contributed by atoms with Crippen LogP contribution in [0.2, 0.25) is 0 Å². The Labute approximate surface area is 120 Å². The molecule has 0 spiro atoms. The van der Waals surface area contributed by atoms with Crippen LogP contribution >= 0.6 is 0 Å². The van der Waals surface area contributed by atoms with Crippen LogP contribution in [0.25, 0.3) is 5.57 Å². The highest BCUT2D eigenvalue weighted by Crippen LogP contribution is 2.41. The number of allylic oxidation sites excluding steroid dienone is 1. The maximum atomic E-state index is 5.38. The van der Waals surface area contributed by atoms with Crippen molar-refractivity contribution in [2.24, 2.45) is 0 Å². The van der Waals surface area contributed by atoms with Crippen molar-refractivity contribution in [2.75, 3.05) is 19.8 Å². The summed E-state index contributed by atoms with van der Waals surface area (Å²) in [6.07, 6.45) is 9.45. The number of rotatable bonds is 2. The predicted octanol–water partition coefficient (Wildman–Crippen LogP) is 3.91. The van der Waals surface area contributed by atoms with Crippen LogP contribution in [0.1, 0.15) is 42.9 Å². The van der Waals surface area contributed by atoms with Gasteiger partial charge in [-0.15, -0.1) is 0 Å². The molecule has 0 N–H and O–H groups in total. The summed E-state index contributed by atoms with van der Waals surface area (Å²) in [5.41, 5.74) is 5.86. The largest absolute Gasteiger partial charge is 0.377 e. The fourth-order valence-corrected chi connectivity index (χ4v) is 3.73. The maximum Gasteiger partial charge on any atom is 0.0653 e. The average Bonchev–Trinajstić information content (AvgIpc) is 3.11. The number of benzene rings is 1. The Bertz CT molecular complexity index is 555. The van der Waals surface area contributed by atoms with Crippen LogP contribution in [0.5, 0.6) is 0 Å². The molecule has 104 valence electrons. The highest BCUT2D eigenvalue weighted by Gasteiger charge is 2.31. The quantitative estimate of drug-likeness (QED) is 0.805. The van der Waals surface area contributed by atoms with Gasteiger partial charge < -0.3 is 9.64 Å². The van der Waals surface area contributed by atoms with Gasteiger partial charge in [0.15, 0.2) is 0 Å². The lowest BCUT2D eigenvalue weighted by atomic mass is 9.97. The predicted molar refractivity (Wildman–Crippen MR) is 81.2 cm³/mol. The lowest BCUT2D eigenvalue weighted by Gasteiger charge is -2.24. The van der Waals surface area contributed by atoms with Crippen LogP contribution in [0.15, 0.2) is 42.1 Å². The Hall–Kier alpha value is -1.54. The summed E-state index contributed by atoms with van der Waals surface area (Å²) in [4.78, 5) is 2.60. The van der Waals surface area contributed by atoms with Gasteiger partial charge in [-0.2, -0.15) is 0 Å². The fraction of sp³-hybridized carbons (Fsp3) is 0.444. The normalized spacial score (nSPS) is 25.4. The molecule has 2 heteroatoms. The molecule has 3 heterocycles. The van der Waals surface area contributed by atoms with Gasteiger partial charge in [-0.05, 0) is 42.4 Å². The van der Waals surface area contributed by atoms with E-state index in [0.29, 0.717) is 6.04 Å². The van der Waals surface area contributed by atoms with Crippen molar-refractivity contribution in [2.45, 2.75) is 31.7 Å². The first-order chi connectivity index (χ1) is 9.92. The van der Waals surface area contributed by atoms with E-state index < -0.39 is 0 Å². The van der Waals surface area contributed by atoms with Crippen LogP contribution in [-0.4, -0.2) is 24.7 Å². The molecule has 0 aliphatic carbocycles. The minimum atomic E-state index is 0.612. The molecule has 2 nitrogen and oxygen atoms in total. The van der Waals surface area contributed by atoms with Crippen molar-refractivity contribution in [1.82, 2.24) is 4.90 Å². The smallest absolute Gasteiger partial charge is 0.0653 e. The van der Waals surface area contributed by atoms with Crippen molar-refractivity contribution in [3.05, 3.63) is 53.2 Å². The van der Waals surface area contributed by atoms with Crippen molar-refractivity contribution in [3.8, 4) is 0 Å². The SMILES string of the molecule is C1=C(c2ccc(C3CCC4=CCCN43)cc2)CCOC1. The van der Waals surface area contributed by atoms with Crippen molar-refractivity contribution in [1.29, 1.82) is 0 Å². The zero-order valence-electron chi connectivity index (χ0n) is 11.8. The Morgan fingerprint density at radius 3 is 2.75 bits per heavy atom. The summed E-state index contributed by atoms with van der Waals surface area (Å²) in [6.45, 7) is 2.84. The number of ether oxygens (including phenoxy) is 1. The number of hydrogen-bond donors (Lipinski definition) is 0. The minimum Gasteiger partial charge on any atom is -0.377 e. The topological polar surface area (TPSA) is 12.5 Å². The van der Waals surface area contributed by atoms with E-state index >= 15 is 0 Å². The van der Waals surface area contributed by atoms with E-state index in [1.807, 2.05) is 0 Å². The van der Waals surface area contributed by atoms with Gasteiger partial charge in [0, 0.05) is 12.2 Å². The standard InChI is InChI=1S/C18H21NO/c1-2-17-7-8-18(19(17)11-1)16-5-3-14(4-6-16)15-9-12-20-13-10-15/h2-6,9,18H,1,7-8,10-13H2. The van der Waals surface area contributed by atoms with Gasteiger partial charge in [0.25, 0.3) is 0 Å². The molecule has 3 aliphatic heterocycles. The number of nitrogens with zero attached hydrogens (tertiary/aromatic N) is 1. The van der Waals surface area contributed by atoms with Crippen LogP contribution in [0, 0.1) is 0 Å². The first-order valence-electron chi connectivity index (χ1n) is 7.74. The van der Waals surface area contributed by atoms with E-state index in [1.54, 1.807) is 5.70 Å². The second-order valence-electron chi connectivity index (χ2n) is 5.91. The van der Waals surface area contributed by atoms with E-state index in [9.17, 15) is 0 Å². The highest BCUT2D eigenvalue weighted by atomic mass is 16.5. The van der Waals surface area contributed by atoms with E-state index in [0.717, 1.165) is 19.6 Å². The number of hydrogen-bond acceptors (Lipinski definition) is 2. The molecule has 1 saturated heterocycles. The fourth-order valence-electron chi connectivity index (χ4n) is 3.73. The summed E-state index contributed by atoms with van der Waals surface area (Å²) in [6, 6.07) is 9.87. The lowest BCUT2D eigenvalue weighted by molar-refractivity contribution is 0.161. The van der Waals surface area contributed by atoms with Gasteiger partial charge in [0.1, 0.15) is 0 Å². The molecule has 1 fully saturated rings. The summed E-state index contributed by atoms with van der Waals surface area (Å²) in [5, 5.41) is 0. The Morgan fingerprint density at radius 1 is 1.05 bits per heavy atom. The zero-order valence-corrected chi connectivity index (χ0v) is 11.8. The second-order valence-corrected chi connectivity index (χ2v) is 5.91. The summed E-state index contributed by atoms with van der Waals surface area (Å²) < 4.78 is 5.38. The molecule has 4 rings (SSSR count). The molecule has 0 aromatic heterocycles. The first kappa shape index (κ1) is 12.2. The third-order valence-electron chi connectivity index (χ3n) is 4.80. The lowest BCUT2D eigenvalue weighted by Crippen LogP contribution is -2.19. The van der Waals surface area contributed by atoms with Gasteiger partial charge in [0.2, 0.25) is 0 Å². The third-order valence-corrected chi connectivity index (χ3v) is 4.80. The Morgan fingerprint density at radius 2 is 1.95 bits per heavy atom. The van der Waals surface area contributed by atoms with Gasteiger partial charge in [0.05, 0.1) is 19.3 Å². The van der Waals surface area contributed by atoms with Crippen molar-refractivity contribution in [3.63, 3.8) is 0 Å². The maximum absolute atomic E-state index is 5.38. The number of fused-ring (bicyclic) bond motifs is 1. The third kappa shape index (κ3) is 2.08. The molecular formula is C18H21NO. The van der Waals surface area contributed by atoms with E-state index in [4.69, 9.17) is 4.74 Å². The molecule has 0 amide bonds. The van der Waals surface area contributed by atoms with Crippen LogP contribution in [0.4, 0.5) is 0 Å². The van der Waals surface area contributed by atoms with Crippen LogP contribution in [-0.2, 0) is 4.74 Å². The molecule has 20 heavy (non-hydrogen) atoms. The monoisotopic (exact) mass is 267 g/mol. The zero-order chi connectivity index (χ0) is 13.4. The summed E-state index contributed by atoms with van der Waals surface area (Å²) in [7, 11) is 0. The molecular weight excluding hydrogens is 246 g/mol. The van der Waals surface area contributed by atoms with Crippen molar-refractivity contribution < 1.29 is 4.74 Å². The molecule has 1 unspecified atom stereocenters. The molecule has 0 bridgehead atoms. The summed E-state index contributed by atoms with van der Waals surface area (Å²) in [5.74, 6) is 0. The van der Waals surface area contributed by atoms with Gasteiger partial charge in [-0.3, -0.25) is 0 Å².